The highest BCUT2D eigenvalue weighted by Gasteiger charge is 2.51. The summed E-state index contributed by atoms with van der Waals surface area (Å²) in [6.07, 6.45) is 10.3. The molecule has 1 atom stereocenters. The molecule has 0 aromatic rings. The van der Waals surface area contributed by atoms with Crippen LogP contribution in [0.5, 0.6) is 0 Å². The first-order valence-corrected chi connectivity index (χ1v) is 9.01. The largest absolute Gasteiger partial charge is 0.368 e. The number of hydrogen-bond donors (Lipinski definition) is 2. The molecule has 19 heavy (non-hydrogen) atoms. The zero-order valence-electron chi connectivity index (χ0n) is 11.7. The molecule has 3 aliphatic rings. The van der Waals surface area contributed by atoms with Crippen LogP contribution in [-0.4, -0.2) is 29.0 Å². The Morgan fingerprint density at radius 2 is 1.84 bits per heavy atom. The number of primary amides is 1. The minimum absolute atomic E-state index is 0.110. The molecule has 3 N–H and O–H groups in total. The molecule has 4 heteroatoms. The van der Waals surface area contributed by atoms with Gasteiger partial charge in [0.2, 0.25) is 5.91 Å². The van der Waals surface area contributed by atoms with Crippen LogP contribution in [0.2, 0.25) is 0 Å². The van der Waals surface area contributed by atoms with Gasteiger partial charge in [0.1, 0.15) is 5.54 Å². The van der Waals surface area contributed by atoms with Crippen molar-refractivity contribution in [3.63, 3.8) is 0 Å². The number of hydrogen-bond acceptors (Lipinski definition) is 3. The smallest absolute Gasteiger partial charge is 0.238 e. The fourth-order valence-electron chi connectivity index (χ4n) is 3.35. The van der Waals surface area contributed by atoms with Gasteiger partial charge >= 0.3 is 0 Å². The predicted molar refractivity (Wildman–Crippen MR) is 80.1 cm³/mol. The molecule has 0 spiro atoms. The van der Waals surface area contributed by atoms with E-state index in [2.05, 4.69) is 5.32 Å². The Bertz CT molecular complexity index is 335. The van der Waals surface area contributed by atoms with Gasteiger partial charge in [-0.25, -0.2) is 0 Å². The van der Waals surface area contributed by atoms with Crippen molar-refractivity contribution >= 4 is 17.7 Å². The quantitative estimate of drug-likeness (QED) is 0.718. The van der Waals surface area contributed by atoms with Crippen LogP contribution in [0.15, 0.2) is 0 Å². The van der Waals surface area contributed by atoms with Crippen molar-refractivity contribution in [3.8, 4) is 0 Å². The van der Waals surface area contributed by atoms with Gasteiger partial charge in [0.05, 0.1) is 0 Å². The maximum Gasteiger partial charge on any atom is 0.238 e. The van der Waals surface area contributed by atoms with Gasteiger partial charge in [-0.05, 0) is 56.1 Å². The standard InChI is InChI=1S/C15H26N2OS/c16-14(18)15(12-5-6-12,17-13-7-8-13)10-19-9-11-3-1-2-4-11/h11-13,17H,1-10H2,(H2,16,18). The first kappa shape index (κ1) is 13.7. The number of thioether (sulfide) groups is 1. The number of nitrogens with two attached hydrogens (primary N) is 1. The van der Waals surface area contributed by atoms with Crippen LogP contribution in [-0.2, 0) is 4.79 Å². The Balaban J connectivity index is 1.55. The van der Waals surface area contributed by atoms with E-state index in [1.54, 1.807) is 0 Å². The lowest BCUT2D eigenvalue weighted by Gasteiger charge is -2.32. The number of rotatable bonds is 8. The van der Waals surface area contributed by atoms with Gasteiger partial charge in [-0.1, -0.05) is 12.8 Å². The molecule has 0 aromatic carbocycles. The minimum Gasteiger partial charge on any atom is -0.368 e. The van der Waals surface area contributed by atoms with Crippen LogP contribution < -0.4 is 11.1 Å². The molecule has 3 fully saturated rings. The van der Waals surface area contributed by atoms with Crippen LogP contribution in [0, 0.1) is 11.8 Å². The van der Waals surface area contributed by atoms with E-state index in [-0.39, 0.29) is 5.91 Å². The predicted octanol–water partition coefficient (Wildman–Crippen LogP) is 2.30. The van der Waals surface area contributed by atoms with Gasteiger partial charge in [-0.15, -0.1) is 0 Å². The highest BCUT2D eigenvalue weighted by atomic mass is 32.2. The van der Waals surface area contributed by atoms with Crippen LogP contribution in [0.25, 0.3) is 0 Å². The molecule has 108 valence electrons. The van der Waals surface area contributed by atoms with Crippen molar-refractivity contribution in [2.75, 3.05) is 11.5 Å². The molecule has 1 unspecified atom stereocenters. The Hall–Kier alpha value is -0.220. The van der Waals surface area contributed by atoms with Crippen molar-refractivity contribution in [2.24, 2.45) is 17.6 Å². The first-order chi connectivity index (χ1) is 9.21. The normalized spacial score (nSPS) is 27.4. The second-order valence-corrected chi connectivity index (χ2v) is 7.72. The Morgan fingerprint density at radius 1 is 1.16 bits per heavy atom. The maximum atomic E-state index is 12.0. The fourth-order valence-corrected chi connectivity index (χ4v) is 4.92. The lowest BCUT2D eigenvalue weighted by Crippen LogP contribution is -2.60. The SMILES string of the molecule is NC(=O)C(CSCC1CCCC1)(NC1CC1)C1CC1. The average Bonchev–Trinajstić information content (AvgIpc) is 3.29. The van der Waals surface area contributed by atoms with Crippen LogP contribution in [0.3, 0.4) is 0 Å². The summed E-state index contributed by atoms with van der Waals surface area (Å²) in [5, 5.41) is 3.60. The highest BCUT2D eigenvalue weighted by molar-refractivity contribution is 7.99. The zero-order chi connectivity index (χ0) is 13.3. The van der Waals surface area contributed by atoms with Crippen molar-refractivity contribution < 1.29 is 4.79 Å². The molecule has 3 rings (SSSR count). The maximum absolute atomic E-state index is 12.0. The van der Waals surface area contributed by atoms with Crippen LogP contribution in [0.4, 0.5) is 0 Å². The van der Waals surface area contributed by atoms with Crippen LogP contribution >= 0.6 is 11.8 Å². The lowest BCUT2D eigenvalue weighted by molar-refractivity contribution is -0.124. The third-order valence-electron chi connectivity index (χ3n) is 4.91. The molecule has 3 aliphatic carbocycles. The second-order valence-electron chi connectivity index (χ2n) is 6.69. The van der Waals surface area contributed by atoms with Gasteiger partial charge in [-0.3, -0.25) is 10.1 Å². The lowest BCUT2D eigenvalue weighted by atomic mass is 9.94. The fraction of sp³-hybridized carbons (Fsp3) is 0.933. The molecule has 0 radical (unpaired) electrons. The Kier molecular flexibility index (Phi) is 4.08. The minimum atomic E-state index is -0.398. The van der Waals surface area contributed by atoms with E-state index in [4.69, 9.17) is 5.73 Å². The summed E-state index contributed by atoms with van der Waals surface area (Å²) in [5.41, 5.74) is 5.37. The van der Waals surface area contributed by atoms with E-state index in [1.807, 2.05) is 11.8 Å². The summed E-state index contributed by atoms with van der Waals surface area (Å²) < 4.78 is 0. The summed E-state index contributed by atoms with van der Waals surface area (Å²) in [7, 11) is 0. The molecular weight excluding hydrogens is 256 g/mol. The van der Waals surface area contributed by atoms with Crippen molar-refractivity contribution in [2.45, 2.75) is 62.9 Å². The van der Waals surface area contributed by atoms with E-state index in [0.717, 1.165) is 11.7 Å². The van der Waals surface area contributed by atoms with Gasteiger partial charge < -0.3 is 5.73 Å². The summed E-state index contributed by atoms with van der Waals surface area (Å²) in [6.45, 7) is 0. The monoisotopic (exact) mass is 282 g/mol. The molecule has 3 saturated carbocycles. The number of nitrogens with one attached hydrogen (secondary N) is 1. The summed E-state index contributed by atoms with van der Waals surface area (Å²) >= 11 is 1.96. The number of carbonyl (C=O) groups is 1. The highest BCUT2D eigenvalue weighted by Crippen LogP contribution is 2.43. The first-order valence-electron chi connectivity index (χ1n) is 7.86. The molecular formula is C15H26N2OS. The molecule has 0 saturated heterocycles. The number of carbonyl (C=O) groups excluding carboxylic acids is 1. The van der Waals surface area contributed by atoms with Gasteiger partial charge in [0.15, 0.2) is 0 Å². The Labute approximate surface area is 120 Å². The van der Waals surface area contributed by atoms with E-state index < -0.39 is 5.54 Å². The second kappa shape index (κ2) is 5.65. The third-order valence-corrected chi connectivity index (χ3v) is 6.28. The molecule has 0 heterocycles. The Morgan fingerprint density at radius 3 is 2.37 bits per heavy atom. The van der Waals surface area contributed by atoms with Gasteiger partial charge in [0.25, 0.3) is 0 Å². The average molecular weight is 282 g/mol. The third kappa shape index (κ3) is 3.27. The van der Waals surface area contributed by atoms with Gasteiger partial charge in [0, 0.05) is 11.8 Å². The number of amides is 1. The van der Waals surface area contributed by atoms with E-state index in [0.29, 0.717) is 12.0 Å². The topological polar surface area (TPSA) is 55.1 Å². The van der Waals surface area contributed by atoms with Crippen LogP contribution in [0.1, 0.15) is 51.4 Å². The summed E-state index contributed by atoms with van der Waals surface area (Å²) in [5.74, 6) is 3.38. The van der Waals surface area contributed by atoms with Crippen molar-refractivity contribution in [1.82, 2.24) is 5.32 Å². The van der Waals surface area contributed by atoms with E-state index in [9.17, 15) is 4.79 Å². The molecule has 1 amide bonds. The van der Waals surface area contributed by atoms with Crippen molar-refractivity contribution in [3.05, 3.63) is 0 Å². The van der Waals surface area contributed by atoms with E-state index >= 15 is 0 Å². The van der Waals surface area contributed by atoms with Gasteiger partial charge in [-0.2, -0.15) is 11.8 Å². The van der Waals surface area contributed by atoms with Crippen molar-refractivity contribution in [1.29, 1.82) is 0 Å². The molecule has 0 aromatic heterocycles. The molecule has 0 aliphatic heterocycles. The summed E-state index contributed by atoms with van der Waals surface area (Å²) in [6, 6.07) is 0.556. The summed E-state index contributed by atoms with van der Waals surface area (Å²) in [4.78, 5) is 12.0. The van der Waals surface area contributed by atoms with E-state index in [1.165, 1.54) is 57.1 Å². The molecule has 0 bridgehead atoms. The zero-order valence-corrected chi connectivity index (χ0v) is 12.5. The molecule has 3 nitrogen and oxygen atoms in total.